The lowest BCUT2D eigenvalue weighted by Crippen LogP contribution is -2.15. The van der Waals surface area contributed by atoms with Gasteiger partial charge in [0.1, 0.15) is 0 Å². The number of hydrogen-bond acceptors (Lipinski definition) is 3. The molecule has 0 bridgehead atoms. The Balaban J connectivity index is 1.16. The molecule has 7 aromatic carbocycles. The van der Waals surface area contributed by atoms with Crippen LogP contribution in [0.5, 0.6) is 0 Å². The van der Waals surface area contributed by atoms with Crippen LogP contribution in [-0.4, -0.2) is 0 Å². The quantitative estimate of drug-likeness (QED) is 0.180. The molecule has 0 saturated heterocycles. The molecule has 230 valence electrons. The molecule has 0 saturated carbocycles. The van der Waals surface area contributed by atoms with Crippen LogP contribution in [0.15, 0.2) is 170 Å². The molecule has 3 heteroatoms. The molecule has 8 aromatic rings. The largest absolute Gasteiger partial charge is 0.310 e. The van der Waals surface area contributed by atoms with Crippen LogP contribution >= 0.6 is 11.3 Å². The van der Waals surface area contributed by atoms with Gasteiger partial charge < -0.3 is 9.80 Å². The molecule has 0 fully saturated rings. The highest BCUT2D eigenvalue weighted by Gasteiger charge is 2.35. The lowest BCUT2D eigenvalue weighted by molar-refractivity contribution is 0.660. The zero-order valence-corrected chi connectivity index (χ0v) is 27.8. The lowest BCUT2D eigenvalue weighted by atomic mass is 9.82. The van der Waals surface area contributed by atoms with Crippen LogP contribution in [-0.2, 0) is 5.41 Å². The number of para-hydroxylation sites is 2. The highest BCUT2D eigenvalue weighted by atomic mass is 32.1. The predicted octanol–water partition coefficient (Wildman–Crippen LogP) is 13.3. The number of nitrogens with zero attached hydrogens (tertiary/aromatic N) is 2. The average Bonchev–Trinajstić information content (AvgIpc) is 3.62. The molecular weight excluding hydrogens is 601 g/mol. The number of benzene rings is 7. The van der Waals surface area contributed by atoms with E-state index in [-0.39, 0.29) is 5.41 Å². The molecule has 48 heavy (non-hydrogen) atoms. The Morgan fingerprint density at radius 2 is 0.854 bits per heavy atom. The monoisotopic (exact) mass is 634 g/mol. The van der Waals surface area contributed by atoms with Gasteiger partial charge in [0.25, 0.3) is 0 Å². The highest BCUT2D eigenvalue weighted by Crippen LogP contribution is 2.50. The molecule has 1 aromatic heterocycles. The van der Waals surface area contributed by atoms with E-state index in [2.05, 4.69) is 194 Å². The summed E-state index contributed by atoms with van der Waals surface area (Å²) in [5.41, 5.74) is 12.2. The fraction of sp³-hybridized carbons (Fsp3) is 0.0667. The topological polar surface area (TPSA) is 6.48 Å². The van der Waals surface area contributed by atoms with Crippen LogP contribution < -0.4 is 9.80 Å². The minimum absolute atomic E-state index is 0.0249. The number of rotatable bonds is 6. The van der Waals surface area contributed by atoms with E-state index in [0.29, 0.717) is 0 Å². The molecular formula is C45H34N2S. The van der Waals surface area contributed by atoms with Gasteiger partial charge in [0.2, 0.25) is 0 Å². The summed E-state index contributed by atoms with van der Waals surface area (Å²) in [5.74, 6) is 0. The summed E-state index contributed by atoms with van der Waals surface area (Å²) in [6.07, 6.45) is 0. The highest BCUT2D eigenvalue weighted by molar-refractivity contribution is 7.25. The van der Waals surface area contributed by atoms with Gasteiger partial charge in [-0.3, -0.25) is 0 Å². The van der Waals surface area contributed by atoms with Crippen LogP contribution in [0.25, 0.3) is 31.3 Å². The third-order valence-corrected chi connectivity index (χ3v) is 11.0. The maximum Gasteiger partial charge on any atom is 0.0468 e. The summed E-state index contributed by atoms with van der Waals surface area (Å²) in [7, 11) is 0. The molecule has 1 heterocycles. The van der Waals surface area contributed by atoms with Crippen molar-refractivity contribution in [1.82, 2.24) is 0 Å². The normalized spacial score (nSPS) is 13.0. The SMILES string of the molecule is CC1(C)c2ccccc2-c2cc(N(c3ccccc3)c3ccc(N(c4ccccc4)c4ccc5sc6ccccc6c5c4)cc3)ccc21. The number of fused-ring (bicyclic) bond motifs is 6. The smallest absolute Gasteiger partial charge is 0.0468 e. The van der Waals surface area contributed by atoms with E-state index in [1.165, 1.54) is 42.4 Å². The van der Waals surface area contributed by atoms with E-state index in [1.807, 2.05) is 11.3 Å². The zero-order valence-electron chi connectivity index (χ0n) is 27.0. The second-order valence-electron chi connectivity index (χ2n) is 13.0. The maximum atomic E-state index is 2.38. The molecule has 0 spiro atoms. The summed E-state index contributed by atoms with van der Waals surface area (Å²) in [6.45, 7) is 4.67. The predicted molar refractivity (Wildman–Crippen MR) is 206 cm³/mol. The Kier molecular flexibility index (Phi) is 6.70. The molecule has 0 unspecified atom stereocenters. The molecule has 0 N–H and O–H groups in total. The van der Waals surface area contributed by atoms with Crippen LogP contribution in [0, 0.1) is 0 Å². The van der Waals surface area contributed by atoms with Crippen molar-refractivity contribution in [2.45, 2.75) is 19.3 Å². The van der Waals surface area contributed by atoms with Crippen molar-refractivity contribution < 1.29 is 0 Å². The second-order valence-corrected chi connectivity index (χ2v) is 14.1. The fourth-order valence-electron chi connectivity index (χ4n) is 7.50. The van der Waals surface area contributed by atoms with Gasteiger partial charge in [0, 0.05) is 59.7 Å². The van der Waals surface area contributed by atoms with Gasteiger partial charge in [-0.05, 0) is 107 Å². The minimum atomic E-state index is -0.0249. The van der Waals surface area contributed by atoms with E-state index in [1.54, 1.807) is 0 Å². The van der Waals surface area contributed by atoms with Crippen LogP contribution in [0.4, 0.5) is 34.1 Å². The van der Waals surface area contributed by atoms with Crippen molar-refractivity contribution >= 4 is 65.6 Å². The lowest BCUT2D eigenvalue weighted by Gasteiger charge is -2.29. The summed E-state index contributed by atoms with van der Waals surface area (Å²) >= 11 is 1.85. The summed E-state index contributed by atoms with van der Waals surface area (Å²) in [4.78, 5) is 4.73. The van der Waals surface area contributed by atoms with Crippen molar-refractivity contribution in [3.8, 4) is 11.1 Å². The van der Waals surface area contributed by atoms with Gasteiger partial charge in [-0.1, -0.05) is 98.8 Å². The van der Waals surface area contributed by atoms with Crippen molar-refractivity contribution in [3.05, 3.63) is 181 Å². The summed E-state index contributed by atoms with van der Waals surface area (Å²) < 4.78 is 2.63. The third kappa shape index (κ3) is 4.62. The Morgan fingerprint density at radius 3 is 1.54 bits per heavy atom. The van der Waals surface area contributed by atoms with Crippen molar-refractivity contribution in [1.29, 1.82) is 0 Å². The van der Waals surface area contributed by atoms with E-state index in [9.17, 15) is 0 Å². The maximum absolute atomic E-state index is 2.38. The van der Waals surface area contributed by atoms with Gasteiger partial charge >= 0.3 is 0 Å². The van der Waals surface area contributed by atoms with Crippen LogP contribution in [0.2, 0.25) is 0 Å². The molecule has 0 atom stereocenters. The van der Waals surface area contributed by atoms with E-state index in [0.717, 1.165) is 34.1 Å². The average molecular weight is 635 g/mol. The van der Waals surface area contributed by atoms with Gasteiger partial charge in [0.15, 0.2) is 0 Å². The van der Waals surface area contributed by atoms with Crippen molar-refractivity contribution in [2.24, 2.45) is 0 Å². The van der Waals surface area contributed by atoms with Crippen molar-refractivity contribution in [2.75, 3.05) is 9.80 Å². The first-order valence-electron chi connectivity index (χ1n) is 16.5. The molecule has 1 aliphatic rings. The number of thiophene rings is 1. The Bertz CT molecular complexity index is 2420. The third-order valence-electron chi connectivity index (χ3n) is 9.84. The molecule has 0 aliphatic heterocycles. The molecule has 2 nitrogen and oxygen atoms in total. The number of anilines is 6. The molecule has 9 rings (SSSR count). The Morgan fingerprint density at radius 1 is 0.375 bits per heavy atom. The zero-order chi connectivity index (χ0) is 32.2. The minimum Gasteiger partial charge on any atom is -0.310 e. The van der Waals surface area contributed by atoms with Gasteiger partial charge in [0.05, 0.1) is 0 Å². The summed E-state index contributed by atoms with van der Waals surface area (Å²) in [6, 6.07) is 61.8. The fourth-order valence-corrected chi connectivity index (χ4v) is 8.59. The molecule has 0 radical (unpaired) electrons. The standard InChI is InChI=1S/C45H34N2S/c1-45(2)41-19-11-9-17-37(41)39-29-35(25-27-42(39)45)46(31-13-5-3-6-14-31)33-21-23-34(24-22-33)47(32-15-7-4-8-16-32)36-26-28-44-40(30-36)38-18-10-12-20-43(38)48-44/h3-30H,1-2H3. The summed E-state index contributed by atoms with van der Waals surface area (Å²) in [5, 5.41) is 2.60. The van der Waals surface area contributed by atoms with E-state index >= 15 is 0 Å². The molecule has 1 aliphatic carbocycles. The Hall–Kier alpha value is -5.64. The van der Waals surface area contributed by atoms with E-state index < -0.39 is 0 Å². The first-order chi connectivity index (χ1) is 23.6. The van der Waals surface area contributed by atoms with E-state index in [4.69, 9.17) is 0 Å². The second kappa shape index (κ2) is 11.3. The first kappa shape index (κ1) is 28.6. The number of hydrogen-bond donors (Lipinski definition) is 0. The Labute approximate surface area is 285 Å². The van der Waals surface area contributed by atoms with Crippen molar-refractivity contribution in [3.63, 3.8) is 0 Å². The van der Waals surface area contributed by atoms with Crippen LogP contribution in [0.3, 0.4) is 0 Å². The molecule has 0 amide bonds. The van der Waals surface area contributed by atoms with Gasteiger partial charge in [-0.2, -0.15) is 0 Å². The van der Waals surface area contributed by atoms with Gasteiger partial charge in [-0.15, -0.1) is 11.3 Å². The van der Waals surface area contributed by atoms with Crippen LogP contribution in [0.1, 0.15) is 25.0 Å². The first-order valence-corrected chi connectivity index (χ1v) is 17.3. The van der Waals surface area contributed by atoms with Gasteiger partial charge in [-0.25, -0.2) is 0 Å².